The van der Waals surface area contributed by atoms with Gasteiger partial charge in [0.05, 0.1) is 6.10 Å². The highest BCUT2D eigenvalue weighted by Crippen LogP contribution is 2.29. The van der Waals surface area contributed by atoms with Crippen LogP contribution in [0.5, 0.6) is 5.75 Å². The van der Waals surface area contributed by atoms with Crippen molar-refractivity contribution in [1.29, 1.82) is 0 Å². The van der Waals surface area contributed by atoms with Gasteiger partial charge in [0.25, 0.3) is 0 Å². The van der Waals surface area contributed by atoms with Crippen LogP contribution in [0.4, 0.5) is 8.78 Å². The van der Waals surface area contributed by atoms with Crippen LogP contribution in [0, 0.1) is 11.6 Å². The molecule has 20 heavy (non-hydrogen) atoms. The highest BCUT2D eigenvalue weighted by atomic mass is 19.2. The molecule has 0 aromatic heterocycles. The van der Waals surface area contributed by atoms with E-state index in [1.165, 1.54) is 6.07 Å². The standard InChI is InChI=1S/C16H14F2O2/c17-14-8-3-11(9-15(14)18)16(19)10-1-4-12(5-2-10)20-13-6-7-13/h1-5,8-9,13,16,19H,6-7H2. The lowest BCUT2D eigenvalue weighted by molar-refractivity contribution is 0.219. The van der Waals surface area contributed by atoms with Gasteiger partial charge in [-0.2, -0.15) is 0 Å². The van der Waals surface area contributed by atoms with Crippen LogP contribution < -0.4 is 4.74 Å². The topological polar surface area (TPSA) is 29.5 Å². The number of hydrogen-bond donors (Lipinski definition) is 1. The van der Waals surface area contributed by atoms with Crippen molar-refractivity contribution in [3.63, 3.8) is 0 Å². The normalized spacial score (nSPS) is 15.9. The average Bonchev–Trinajstić information content (AvgIpc) is 3.26. The van der Waals surface area contributed by atoms with Crippen molar-refractivity contribution in [2.75, 3.05) is 0 Å². The van der Waals surface area contributed by atoms with E-state index in [9.17, 15) is 13.9 Å². The Labute approximate surface area is 115 Å². The fourth-order valence-electron chi connectivity index (χ4n) is 1.98. The molecule has 1 unspecified atom stereocenters. The van der Waals surface area contributed by atoms with E-state index < -0.39 is 17.7 Å². The Morgan fingerprint density at radius 3 is 2.20 bits per heavy atom. The van der Waals surface area contributed by atoms with E-state index >= 15 is 0 Å². The lowest BCUT2D eigenvalue weighted by Gasteiger charge is -2.12. The van der Waals surface area contributed by atoms with E-state index in [0.29, 0.717) is 17.2 Å². The van der Waals surface area contributed by atoms with Crippen LogP contribution in [0.3, 0.4) is 0 Å². The van der Waals surface area contributed by atoms with Crippen molar-refractivity contribution >= 4 is 0 Å². The molecule has 0 saturated heterocycles. The molecule has 1 N–H and O–H groups in total. The summed E-state index contributed by atoms with van der Waals surface area (Å²) in [7, 11) is 0. The summed E-state index contributed by atoms with van der Waals surface area (Å²) in [6.45, 7) is 0. The van der Waals surface area contributed by atoms with Crippen molar-refractivity contribution in [3.05, 3.63) is 65.2 Å². The summed E-state index contributed by atoms with van der Waals surface area (Å²) in [5.74, 6) is -1.13. The second kappa shape index (κ2) is 5.21. The minimum Gasteiger partial charge on any atom is -0.490 e. The smallest absolute Gasteiger partial charge is 0.159 e. The Balaban J connectivity index is 1.78. The van der Waals surface area contributed by atoms with Gasteiger partial charge in [0.15, 0.2) is 11.6 Å². The van der Waals surface area contributed by atoms with Crippen molar-refractivity contribution in [1.82, 2.24) is 0 Å². The first kappa shape index (κ1) is 13.1. The number of halogens is 2. The molecule has 0 heterocycles. The maximum atomic E-state index is 13.2. The summed E-state index contributed by atoms with van der Waals surface area (Å²) >= 11 is 0. The molecule has 1 aliphatic carbocycles. The highest BCUT2D eigenvalue weighted by Gasteiger charge is 2.23. The Bertz CT molecular complexity index is 606. The van der Waals surface area contributed by atoms with Gasteiger partial charge in [0.2, 0.25) is 0 Å². The van der Waals surface area contributed by atoms with E-state index in [2.05, 4.69) is 0 Å². The SMILES string of the molecule is OC(c1ccc(OC2CC2)cc1)c1ccc(F)c(F)c1. The summed E-state index contributed by atoms with van der Waals surface area (Å²) in [4.78, 5) is 0. The van der Waals surface area contributed by atoms with Gasteiger partial charge >= 0.3 is 0 Å². The molecule has 3 rings (SSSR count). The van der Waals surface area contributed by atoms with Crippen molar-refractivity contribution in [2.24, 2.45) is 0 Å². The molecule has 0 aliphatic heterocycles. The molecule has 1 aliphatic rings. The van der Waals surface area contributed by atoms with Gasteiger partial charge in [-0.1, -0.05) is 18.2 Å². The molecule has 1 atom stereocenters. The molecule has 2 aromatic rings. The Kier molecular flexibility index (Phi) is 3.40. The van der Waals surface area contributed by atoms with Crippen LogP contribution in [0.15, 0.2) is 42.5 Å². The third-order valence-corrected chi connectivity index (χ3v) is 3.28. The van der Waals surface area contributed by atoms with Crippen LogP contribution in [0.2, 0.25) is 0 Å². The number of ether oxygens (including phenoxy) is 1. The Morgan fingerprint density at radius 2 is 1.60 bits per heavy atom. The van der Waals surface area contributed by atoms with Crippen LogP contribution >= 0.6 is 0 Å². The first-order chi connectivity index (χ1) is 9.63. The van der Waals surface area contributed by atoms with Gasteiger partial charge in [0, 0.05) is 0 Å². The predicted octanol–water partition coefficient (Wildman–Crippen LogP) is 3.59. The molecule has 0 spiro atoms. The van der Waals surface area contributed by atoms with Gasteiger partial charge in [-0.15, -0.1) is 0 Å². The third-order valence-electron chi connectivity index (χ3n) is 3.28. The lowest BCUT2D eigenvalue weighted by Crippen LogP contribution is -2.02. The van der Waals surface area contributed by atoms with Gasteiger partial charge in [-0.3, -0.25) is 0 Å². The van der Waals surface area contributed by atoms with Gasteiger partial charge < -0.3 is 9.84 Å². The minimum atomic E-state index is -0.986. The van der Waals surface area contributed by atoms with Crippen LogP contribution in [-0.4, -0.2) is 11.2 Å². The van der Waals surface area contributed by atoms with E-state index in [4.69, 9.17) is 4.74 Å². The number of benzene rings is 2. The summed E-state index contributed by atoms with van der Waals surface area (Å²) in [6.07, 6.45) is 1.50. The maximum Gasteiger partial charge on any atom is 0.159 e. The zero-order chi connectivity index (χ0) is 14.1. The van der Waals surface area contributed by atoms with E-state index in [0.717, 1.165) is 30.7 Å². The van der Waals surface area contributed by atoms with Crippen molar-refractivity contribution in [3.8, 4) is 5.75 Å². The molecule has 4 heteroatoms. The number of hydrogen-bond acceptors (Lipinski definition) is 2. The maximum absolute atomic E-state index is 13.2. The lowest BCUT2D eigenvalue weighted by atomic mass is 10.0. The minimum absolute atomic E-state index is 0.317. The third kappa shape index (κ3) is 2.80. The molecule has 0 amide bonds. The van der Waals surface area contributed by atoms with Gasteiger partial charge in [0.1, 0.15) is 11.9 Å². The van der Waals surface area contributed by atoms with E-state index in [1.54, 1.807) is 24.3 Å². The van der Waals surface area contributed by atoms with Crippen LogP contribution in [0.25, 0.3) is 0 Å². The van der Waals surface area contributed by atoms with Crippen molar-refractivity contribution in [2.45, 2.75) is 25.0 Å². The Morgan fingerprint density at radius 1 is 0.950 bits per heavy atom. The number of aliphatic hydroxyl groups excluding tert-OH is 1. The van der Waals surface area contributed by atoms with E-state index in [1.807, 2.05) is 0 Å². The largest absolute Gasteiger partial charge is 0.490 e. The summed E-state index contributed by atoms with van der Waals surface area (Å²) in [5.41, 5.74) is 0.930. The highest BCUT2D eigenvalue weighted by molar-refractivity contribution is 5.34. The van der Waals surface area contributed by atoms with Crippen molar-refractivity contribution < 1.29 is 18.6 Å². The molecule has 0 radical (unpaired) electrons. The summed E-state index contributed by atoms with van der Waals surface area (Å²) in [5, 5.41) is 10.2. The average molecular weight is 276 g/mol. The van der Waals surface area contributed by atoms with Gasteiger partial charge in [-0.25, -0.2) is 8.78 Å². The first-order valence-electron chi connectivity index (χ1n) is 6.53. The monoisotopic (exact) mass is 276 g/mol. The molecule has 2 nitrogen and oxygen atoms in total. The number of aliphatic hydroxyl groups is 1. The van der Waals surface area contributed by atoms with Crippen LogP contribution in [0.1, 0.15) is 30.1 Å². The molecule has 104 valence electrons. The zero-order valence-corrected chi connectivity index (χ0v) is 10.7. The van der Waals surface area contributed by atoms with Crippen LogP contribution in [-0.2, 0) is 0 Å². The second-order valence-electron chi connectivity index (χ2n) is 4.96. The fourth-order valence-corrected chi connectivity index (χ4v) is 1.98. The molecule has 2 aromatic carbocycles. The second-order valence-corrected chi connectivity index (χ2v) is 4.96. The molecule has 0 bridgehead atoms. The molecule has 1 fully saturated rings. The first-order valence-corrected chi connectivity index (χ1v) is 6.53. The predicted molar refractivity (Wildman–Crippen MR) is 70.5 cm³/mol. The molecular formula is C16H14F2O2. The zero-order valence-electron chi connectivity index (χ0n) is 10.7. The Hall–Kier alpha value is -1.94. The molecular weight excluding hydrogens is 262 g/mol. The summed E-state index contributed by atoms with van der Waals surface area (Å²) in [6, 6.07) is 10.4. The van der Waals surface area contributed by atoms with Gasteiger partial charge in [-0.05, 0) is 48.2 Å². The summed E-state index contributed by atoms with van der Waals surface area (Å²) < 4.78 is 31.6. The number of rotatable bonds is 4. The molecule has 1 saturated carbocycles. The quantitative estimate of drug-likeness (QED) is 0.924. The fraction of sp³-hybridized carbons (Fsp3) is 0.250. The van der Waals surface area contributed by atoms with E-state index in [-0.39, 0.29) is 0 Å².